The highest BCUT2D eigenvalue weighted by atomic mass is 32.1. The Balaban J connectivity index is 1.58. The number of nitrogens with zero attached hydrogens (tertiary/aromatic N) is 2. The van der Waals surface area contributed by atoms with Crippen molar-refractivity contribution in [1.82, 2.24) is 20.1 Å². The van der Waals surface area contributed by atoms with Crippen molar-refractivity contribution in [2.45, 2.75) is 65.5 Å². The number of aromatic amines is 1. The summed E-state index contributed by atoms with van der Waals surface area (Å²) in [6, 6.07) is 4.23. The molecule has 0 aromatic carbocycles. The van der Waals surface area contributed by atoms with E-state index in [4.69, 9.17) is 12.2 Å². The van der Waals surface area contributed by atoms with Crippen molar-refractivity contribution < 1.29 is 4.79 Å². The van der Waals surface area contributed by atoms with Gasteiger partial charge in [0.05, 0.1) is 4.88 Å². The predicted molar refractivity (Wildman–Crippen MR) is 109 cm³/mol. The van der Waals surface area contributed by atoms with E-state index in [0.717, 1.165) is 29.5 Å². The average Bonchev–Trinajstić information content (AvgIpc) is 3.26. The van der Waals surface area contributed by atoms with Gasteiger partial charge >= 0.3 is 0 Å². The second kappa shape index (κ2) is 8.05. The first-order chi connectivity index (χ1) is 12.4. The summed E-state index contributed by atoms with van der Waals surface area (Å²) in [6.45, 7) is 7.21. The van der Waals surface area contributed by atoms with Crippen LogP contribution in [0.25, 0.3) is 10.7 Å². The van der Waals surface area contributed by atoms with E-state index in [1.165, 1.54) is 19.3 Å². The molecule has 0 saturated heterocycles. The zero-order chi connectivity index (χ0) is 18.7. The minimum Gasteiger partial charge on any atom is -0.352 e. The summed E-state index contributed by atoms with van der Waals surface area (Å²) in [6.07, 6.45) is 5.72. The van der Waals surface area contributed by atoms with Gasteiger partial charge in [0, 0.05) is 6.04 Å². The van der Waals surface area contributed by atoms with Crippen LogP contribution in [0.1, 0.15) is 52.9 Å². The Kier molecular flexibility index (Phi) is 5.97. The quantitative estimate of drug-likeness (QED) is 0.695. The van der Waals surface area contributed by atoms with Gasteiger partial charge in [-0.05, 0) is 60.7 Å². The van der Waals surface area contributed by atoms with E-state index in [1.54, 1.807) is 15.9 Å². The molecular weight excluding hydrogens is 364 g/mol. The Morgan fingerprint density at radius 3 is 2.77 bits per heavy atom. The first-order valence-electron chi connectivity index (χ1n) is 9.39. The Labute approximate surface area is 164 Å². The molecule has 0 spiro atoms. The summed E-state index contributed by atoms with van der Waals surface area (Å²) in [5, 5.41) is 12.3. The first-order valence-corrected chi connectivity index (χ1v) is 10.7. The lowest BCUT2D eigenvalue weighted by Gasteiger charge is -2.39. The average molecular weight is 393 g/mol. The number of thiophene rings is 1. The molecule has 26 heavy (non-hydrogen) atoms. The molecular formula is C19H28N4OS2. The molecule has 1 fully saturated rings. The van der Waals surface area contributed by atoms with Crippen molar-refractivity contribution >= 4 is 29.5 Å². The van der Waals surface area contributed by atoms with Gasteiger partial charge in [0.1, 0.15) is 6.54 Å². The second-order valence-electron chi connectivity index (χ2n) is 7.87. The van der Waals surface area contributed by atoms with Gasteiger partial charge < -0.3 is 5.32 Å². The third-order valence-electron chi connectivity index (χ3n) is 5.91. The van der Waals surface area contributed by atoms with Gasteiger partial charge in [0.15, 0.2) is 10.6 Å². The van der Waals surface area contributed by atoms with Crippen molar-refractivity contribution in [2.75, 3.05) is 0 Å². The predicted octanol–water partition coefficient (Wildman–Crippen LogP) is 4.78. The Morgan fingerprint density at radius 1 is 1.42 bits per heavy atom. The Morgan fingerprint density at radius 2 is 2.15 bits per heavy atom. The summed E-state index contributed by atoms with van der Waals surface area (Å²) < 4.78 is 2.26. The van der Waals surface area contributed by atoms with Crippen molar-refractivity contribution in [3.05, 3.63) is 22.3 Å². The van der Waals surface area contributed by atoms with Crippen LogP contribution in [-0.4, -0.2) is 26.7 Å². The second-order valence-corrected chi connectivity index (χ2v) is 9.21. The summed E-state index contributed by atoms with van der Waals surface area (Å²) in [5.41, 5.74) is 0.397. The van der Waals surface area contributed by atoms with Crippen molar-refractivity contribution in [2.24, 2.45) is 11.3 Å². The minimum atomic E-state index is 0.0125. The van der Waals surface area contributed by atoms with Crippen LogP contribution in [-0.2, 0) is 11.3 Å². The summed E-state index contributed by atoms with van der Waals surface area (Å²) in [4.78, 5) is 13.6. The highest BCUT2D eigenvalue weighted by Crippen LogP contribution is 2.40. The fraction of sp³-hybridized carbons (Fsp3) is 0.632. The van der Waals surface area contributed by atoms with Gasteiger partial charge in [-0.25, -0.2) is 0 Å². The van der Waals surface area contributed by atoms with Crippen LogP contribution in [0, 0.1) is 16.1 Å². The fourth-order valence-electron chi connectivity index (χ4n) is 3.78. The summed E-state index contributed by atoms with van der Waals surface area (Å²) >= 11 is 6.90. The molecule has 5 nitrogen and oxygen atoms in total. The number of amides is 1. The number of nitrogens with one attached hydrogen (secondary N) is 2. The van der Waals surface area contributed by atoms with E-state index in [2.05, 4.69) is 36.3 Å². The standard InChI is InChI=1S/C19H28N4OS2/c1-4-19(2,3)13-7-9-14(10-8-13)20-16(24)12-23-17(21-22-18(23)25)15-6-5-11-26-15/h5-6,11,13-14H,4,7-10,12H2,1-3H3,(H,20,24)(H,22,25). The molecule has 0 radical (unpaired) electrons. The molecule has 142 valence electrons. The Hall–Kier alpha value is -1.47. The summed E-state index contributed by atoms with van der Waals surface area (Å²) in [7, 11) is 0. The van der Waals surface area contributed by atoms with Crippen LogP contribution in [0.5, 0.6) is 0 Å². The number of hydrogen-bond acceptors (Lipinski definition) is 4. The molecule has 0 unspecified atom stereocenters. The number of carbonyl (C=O) groups excluding carboxylic acids is 1. The van der Waals surface area contributed by atoms with Gasteiger partial charge in [0.2, 0.25) is 5.91 Å². The minimum absolute atomic E-state index is 0.0125. The van der Waals surface area contributed by atoms with Crippen molar-refractivity contribution in [3.8, 4) is 10.7 Å². The smallest absolute Gasteiger partial charge is 0.240 e. The van der Waals surface area contributed by atoms with E-state index < -0.39 is 0 Å². The topological polar surface area (TPSA) is 62.7 Å². The molecule has 7 heteroatoms. The maximum Gasteiger partial charge on any atom is 0.240 e. The molecule has 2 heterocycles. The monoisotopic (exact) mass is 392 g/mol. The van der Waals surface area contributed by atoms with Crippen LogP contribution in [0.3, 0.4) is 0 Å². The van der Waals surface area contributed by atoms with Gasteiger partial charge in [-0.3, -0.25) is 14.5 Å². The van der Waals surface area contributed by atoms with Crippen LogP contribution < -0.4 is 5.32 Å². The fourth-order valence-corrected chi connectivity index (χ4v) is 4.70. The van der Waals surface area contributed by atoms with Gasteiger partial charge in [-0.2, -0.15) is 5.10 Å². The molecule has 0 atom stereocenters. The highest BCUT2D eigenvalue weighted by Gasteiger charge is 2.32. The van der Waals surface area contributed by atoms with Crippen molar-refractivity contribution in [1.29, 1.82) is 0 Å². The maximum absolute atomic E-state index is 12.6. The zero-order valence-electron chi connectivity index (χ0n) is 15.7. The van der Waals surface area contributed by atoms with Crippen LogP contribution in [0.15, 0.2) is 17.5 Å². The van der Waals surface area contributed by atoms with E-state index >= 15 is 0 Å². The lowest BCUT2D eigenvalue weighted by molar-refractivity contribution is -0.122. The van der Waals surface area contributed by atoms with E-state index in [9.17, 15) is 4.79 Å². The van der Waals surface area contributed by atoms with Crippen LogP contribution >= 0.6 is 23.6 Å². The van der Waals surface area contributed by atoms with E-state index in [1.807, 2.05) is 17.5 Å². The van der Waals surface area contributed by atoms with Gasteiger partial charge in [-0.1, -0.05) is 33.3 Å². The maximum atomic E-state index is 12.6. The molecule has 2 N–H and O–H groups in total. The number of carbonyl (C=O) groups is 1. The first kappa shape index (κ1) is 19.3. The molecule has 1 amide bonds. The number of hydrogen-bond donors (Lipinski definition) is 2. The molecule has 1 aliphatic rings. The zero-order valence-corrected chi connectivity index (χ0v) is 17.4. The largest absolute Gasteiger partial charge is 0.352 e. The van der Waals surface area contributed by atoms with Crippen LogP contribution in [0.4, 0.5) is 0 Å². The Bertz CT molecular complexity index is 783. The SMILES string of the molecule is CCC(C)(C)C1CCC(NC(=O)Cn2c(-c3cccs3)n[nH]c2=S)CC1. The molecule has 1 aliphatic carbocycles. The van der Waals surface area contributed by atoms with E-state index in [-0.39, 0.29) is 18.5 Å². The third-order valence-corrected chi connectivity index (χ3v) is 7.09. The van der Waals surface area contributed by atoms with Gasteiger partial charge in [0.25, 0.3) is 0 Å². The molecule has 1 saturated carbocycles. The molecule has 3 rings (SSSR count). The number of H-pyrrole nitrogens is 1. The lowest BCUT2D eigenvalue weighted by Crippen LogP contribution is -2.41. The molecule has 2 aromatic heterocycles. The van der Waals surface area contributed by atoms with Crippen LogP contribution in [0.2, 0.25) is 0 Å². The third kappa shape index (κ3) is 4.26. The van der Waals surface area contributed by atoms with Gasteiger partial charge in [-0.15, -0.1) is 11.3 Å². The van der Waals surface area contributed by atoms with E-state index in [0.29, 0.717) is 10.2 Å². The number of aromatic nitrogens is 3. The highest BCUT2D eigenvalue weighted by molar-refractivity contribution is 7.71. The molecule has 0 bridgehead atoms. The normalized spacial score (nSPS) is 20.9. The summed E-state index contributed by atoms with van der Waals surface area (Å²) in [5.74, 6) is 1.50. The van der Waals surface area contributed by atoms with Crippen molar-refractivity contribution in [3.63, 3.8) is 0 Å². The molecule has 2 aromatic rings. The lowest BCUT2D eigenvalue weighted by atomic mass is 9.69. The number of rotatable bonds is 6. The molecule has 0 aliphatic heterocycles.